The van der Waals surface area contributed by atoms with Gasteiger partial charge in [0.25, 0.3) is 15.9 Å². The van der Waals surface area contributed by atoms with E-state index in [-0.39, 0.29) is 17.3 Å². The van der Waals surface area contributed by atoms with Gasteiger partial charge in [0.2, 0.25) is 0 Å². The summed E-state index contributed by atoms with van der Waals surface area (Å²) in [6, 6.07) is 27.9. The average Bonchev–Trinajstić information content (AvgIpc) is 2.90. The van der Waals surface area contributed by atoms with Crippen molar-refractivity contribution in [1.29, 1.82) is 0 Å². The van der Waals surface area contributed by atoms with Crippen molar-refractivity contribution in [3.8, 4) is 0 Å². The van der Waals surface area contributed by atoms with Crippen molar-refractivity contribution in [1.82, 2.24) is 5.43 Å². The van der Waals surface area contributed by atoms with Gasteiger partial charge >= 0.3 is 0 Å². The Balaban J connectivity index is 1.56. The van der Waals surface area contributed by atoms with Crippen molar-refractivity contribution in [3.05, 3.63) is 130 Å². The van der Waals surface area contributed by atoms with Gasteiger partial charge in [-0.25, -0.2) is 13.8 Å². The molecule has 188 valence electrons. The Bertz CT molecular complexity index is 1540. The first-order valence-corrected chi connectivity index (χ1v) is 13.4. The number of nitrogens with zero attached hydrogens (tertiary/aromatic N) is 2. The molecule has 0 spiro atoms. The Labute approximate surface area is 222 Å². The molecule has 0 saturated carbocycles. The van der Waals surface area contributed by atoms with Crippen LogP contribution in [0.15, 0.2) is 107 Å². The summed E-state index contributed by atoms with van der Waals surface area (Å²) in [6.45, 7) is 3.83. The molecule has 0 radical (unpaired) electrons. The van der Waals surface area contributed by atoms with E-state index in [1.165, 1.54) is 4.31 Å². The highest BCUT2D eigenvalue weighted by atomic mass is 35.5. The number of nitrogens with one attached hydrogen (secondary N) is 1. The SMILES string of the molecule is Cc1cccc(/C=N\NC(=O)c2ccc(CN(c3cccc(Cl)c3C)S(=O)(=O)c3ccccc3)cc2)c1. The standard InChI is InChI=1S/C29H26ClN3O3S/c1-21-8-6-9-24(18-21)19-31-32-29(34)25-16-14-23(15-17-25)20-33(28-13-7-12-27(30)22(28)2)37(35,36)26-10-4-3-5-11-26/h3-19H,20H2,1-2H3,(H,32,34)/b31-19-. The lowest BCUT2D eigenvalue weighted by Gasteiger charge is -2.26. The van der Waals surface area contributed by atoms with Crippen LogP contribution in [0.2, 0.25) is 5.02 Å². The minimum Gasteiger partial charge on any atom is -0.267 e. The van der Waals surface area contributed by atoms with Gasteiger partial charge in [-0.05, 0) is 66.9 Å². The summed E-state index contributed by atoms with van der Waals surface area (Å²) in [5, 5.41) is 4.50. The Morgan fingerprint density at radius 1 is 0.919 bits per heavy atom. The molecule has 0 fully saturated rings. The predicted octanol–water partition coefficient (Wildman–Crippen LogP) is 6.12. The van der Waals surface area contributed by atoms with Crippen LogP contribution in [0, 0.1) is 13.8 Å². The molecule has 4 rings (SSSR count). The van der Waals surface area contributed by atoms with Gasteiger partial charge in [-0.3, -0.25) is 9.10 Å². The summed E-state index contributed by atoms with van der Waals surface area (Å²) < 4.78 is 28.6. The summed E-state index contributed by atoms with van der Waals surface area (Å²) in [6.07, 6.45) is 1.58. The van der Waals surface area contributed by atoms with Gasteiger partial charge < -0.3 is 0 Å². The molecule has 0 bridgehead atoms. The zero-order chi connectivity index (χ0) is 26.4. The average molecular weight is 532 g/mol. The number of sulfonamides is 1. The lowest BCUT2D eigenvalue weighted by molar-refractivity contribution is 0.0955. The number of carbonyl (C=O) groups is 1. The van der Waals surface area contributed by atoms with Crippen LogP contribution in [0.1, 0.15) is 32.6 Å². The number of halogens is 1. The van der Waals surface area contributed by atoms with E-state index in [0.29, 0.717) is 27.4 Å². The van der Waals surface area contributed by atoms with E-state index in [2.05, 4.69) is 10.5 Å². The summed E-state index contributed by atoms with van der Waals surface area (Å²) >= 11 is 6.32. The highest BCUT2D eigenvalue weighted by Crippen LogP contribution is 2.32. The number of benzene rings is 4. The lowest BCUT2D eigenvalue weighted by Crippen LogP contribution is -2.31. The lowest BCUT2D eigenvalue weighted by atomic mass is 10.1. The number of anilines is 1. The second-order valence-corrected chi connectivity index (χ2v) is 10.8. The molecule has 1 N–H and O–H groups in total. The number of rotatable bonds is 8. The van der Waals surface area contributed by atoms with Crippen molar-refractivity contribution in [3.63, 3.8) is 0 Å². The molecule has 6 nitrogen and oxygen atoms in total. The highest BCUT2D eigenvalue weighted by Gasteiger charge is 2.27. The van der Waals surface area contributed by atoms with Crippen LogP contribution in [0.3, 0.4) is 0 Å². The van der Waals surface area contributed by atoms with E-state index in [4.69, 9.17) is 11.6 Å². The molecule has 0 aromatic heterocycles. The van der Waals surface area contributed by atoms with E-state index < -0.39 is 10.0 Å². The maximum absolute atomic E-state index is 13.6. The molecular weight excluding hydrogens is 506 g/mol. The summed E-state index contributed by atoms with van der Waals surface area (Å²) in [5.41, 5.74) is 6.76. The van der Waals surface area contributed by atoms with Crippen molar-refractivity contribution >= 4 is 39.4 Å². The molecule has 0 aliphatic rings. The predicted molar refractivity (Wildman–Crippen MR) is 149 cm³/mol. The highest BCUT2D eigenvalue weighted by molar-refractivity contribution is 7.92. The van der Waals surface area contributed by atoms with Gasteiger partial charge in [0, 0.05) is 10.6 Å². The number of carbonyl (C=O) groups excluding carboxylic acids is 1. The monoisotopic (exact) mass is 531 g/mol. The Morgan fingerprint density at radius 2 is 1.62 bits per heavy atom. The number of hydrogen-bond acceptors (Lipinski definition) is 4. The fourth-order valence-corrected chi connectivity index (χ4v) is 5.49. The normalized spacial score (nSPS) is 11.4. The summed E-state index contributed by atoms with van der Waals surface area (Å²) in [4.78, 5) is 12.7. The van der Waals surface area contributed by atoms with E-state index in [0.717, 1.165) is 11.1 Å². The molecule has 1 amide bonds. The molecule has 4 aromatic carbocycles. The minimum atomic E-state index is -3.88. The van der Waals surface area contributed by atoms with Crippen LogP contribution in [0.25, 0.3) is 0 Å². The summed E-state index contributed by atoms with van der Waals surface area (Å²) in [5.74, 6) is -0.366. The van der Waals surface area contributed by atoms with Crippen LogP contribution in [-0.4, -0.2) is 20.5 Å². The molecule has 37 heavy (non-hydrogen) atoms. The topological polar surface area (TPSA) is 78.8 Å². The fourth-order valence-electron chi connectivity index (χ4n) is 3.79. The Hall–Kier alpha value is -3.94. The van der Waals surface area contributed by atoms with Crippen LogP contribution in [-0.2, 0) is 16.6 Å². The van der Waals surface area contributed by atoms with Crippen molar-refractivity contribution < 1.29 is 13.2 Å². The molecule has 0 unspecified atom stereocenters. The Morgan fingerprint density at radius 3 is 2.32 bits per heavy atom. The third kappa shape index (κ3) is 6.25. The first-order chi connectivity index (χ1) is 17.8. The Kier molecular flexibility index (Phi) is 8.06. The van der Waals surface area contributed by atoms with Gasteiger partial charge in [0.1, 0.15) is 0 Å². The number of aryl methyl sites for hydroxylation is 1. The first-order valence-electron chi connectivity index (χ1n) is 11.6. The number of amides is 1. The summed E-state index contributed by atoms with van der Waals surface area (Å²) in [7, 11) is -3.88. The van der Waals surface area contributed by atoms with Crippen molar-refractivity contribution in [2.75, 3.05) is 4.31 Å². The fraction of sp³-hybridized carbons (Fsp3) is 0.103. The number of hydrazone groups is 1. The van der Waals surface area contributed by atoms with Gasteiger partial charge in [-0.1, -0.05) is 77.8 Å². The van der Waals surface area contributed by atoms with Crippen LogP contribution in [0.4, 0.5) is 5.69 Å². The van der Waals surface area contributed by atoms with Crippen molar-refractivity contribution in [2.45, 2.75) is 25.3 Å². The molecule has 4 aromatic rings. The molecular formula is C29H26ClN3O3S. The molecule has 8 heteroatoms. The molecule has 0 aliphatic heterocycles. The zero-order valence-corrected chi connectivity index (χ0v) is 22.0. The van der Waals surface area contributed by atoms with E-state index in [1.54, 1.807) is 85.9 Å². The quantitative estimate of drug-likeness (QED) is 0.220. The molecule has 0 heterocycles. The zero-order valence-electron chi connectivity index (χ0n) is 20.4. The molecule has 0 aliphatic carbocycles. The van der Waals surface area contributed by atoms with Gasteiger partial charge in [-0.15, -0.1) is 0 Å². The van der Waals surface area contributed by atoms with Crippen LogP contribution in [0.5, 0.6) is 0 Å². The minimum absolute atomic E-state index is 0.0613. The van der Waals surface area contributed by atoms with Gasteiger partial charge in [0.15, 0.2) is 0 Å². The van der Waals surface area contributed by atoms with Gasteiger partial charge in [0.05, 0.1) is 23.3 Å². The first kappa shape index (κ1) is 26.1. The third-order valence-electron chi connectivity index (χ3n) is 5.80. The molecule has 0 atom stereocenters. The smallest absolute Gasteiger partial charge is 0.267 e. The largest absolute Gasteiger partial charge is 0.271 e. The second-order valence-electron chi connectivity index (χ2n) is 8.52. The van der Waals surface area contributed by atoms with E-state index >= 15 is 0 Å². The van der Waals surface area contributed by atoms with Crippen LogP contribution < -0.4 is 9.73 Å². The second kappa shape index (κ2) is 11.4. The van der Waals surface area contributed by atoms with Crippen LogP contribution >= 0.6 is 11.6 Å². The van der Waals surface area contributed by atoms with E-state index in [1.807, 2.05) is 31.2 Å². The maximum atomic E-state index is 13.6. The van der Waals surface area contributed by atoms with Gasteiger partial charge in [-0.2, -0.15) is 5.10 Å². The number of hydrogen-bond donors (Lipinski definition) is 1. The molecule has 0 saturated heterocycles. The van der Waals surface area contributed by atoms with E-state index in [9.17, 15) is 13.2 Å². The van der Waals surface area contributed by atoms with Crippen molar-refractivity contribution in [2.24, 2.45) is 5.10 Å². The third-order valence-corrected chi connectivity index (χ3v) is 7.99. The maximum Gasteiger partial charge on any atom is 0.271 e.